The highest BCUT2D eigenvalue weighted by Crippen LogP contribution is 2.19. The molecule has 0 aliphatic carbocycles. The van der Waals surface area contributed by atoms with Crippen molar-refractivity contribution in [3.63, 3.8) is 0 Å². The van der Waals surface area contributed by atoms with Crippen molar-refractivity contribution < 1.29 is 4.74 Å². The Hall–Kier alpha value is -1.55. The lowest BCUT2D eigenvalue weighted by Crippen LogP contribution is -2.02. The van der Waals surface area contributed by atoms with E-state index in [-0.39, 0.29) is 0 Å². The molecule has 0 saturated carbocycles. The standard InChI is InChI=1S/C14H21N3O/c1-2-3-4-10-18-13-6-5-9-17-11-12(7-8-15)16-14(13)17/h5-6,9,11H,2-4,7-8,10,15H2,1H3. The number of unbranched alkanes of at least 4 members (excludes halogenated alkanes) is 2. The van der Waals surface area contributed by atoms with E-state index in [1.54, 1.807) is 0 Å². The Bertz CT molecular complexity index is 493. The maximum atomic E-state index is 5.80. The predicted molar refractivity (Wildman–Crippen MR) is 73.0 cm³/mol. The fourth-order valence-corrected chi connectivity index (χ4v) is 1.95. The zero-order chi connectivity index (χ0) is 12.8. The van der Waals surface area contributed by atoms with E-state index in [2.05, 4.69) is 11.9 Å². The van der Waals surface area contributed by atoms with Crippen LogP contribution in [0.2, 0.25) is 0 Å². The number of imidazole rings is 1. The van der Waals surface area contributed by atoms with Gasteiger partial charge in [-0.3, -0.25) is 0 Å². The number of hydrogen-bond acceptors (Lipinski definition) is 3. The third kappa shape index (κ3) is 3.01. The van der Waals surface area contributed by atoms with E-state index in [0.717, 1.165) is 36.5 Å². The summed E-state index contributed by atoms with van der Waals surface area (Å²) in [5, 5.41) is 0. The smallest absolute Gasteiger partial charge is 0.179 e. The Labute approximate surface area is 108 Å². The lowest BCUT2D eigenvalue weighted by Gasteiger charge is -2.06. The maximum Gasteiger partial charge on any atom is 0.179 e. The van der Waals surface area contributed by atoms with Crippen LogP contribution in [-0.4, -0.2) is 22.5 Å². The summed E-state index contributed by atoms with van der Waals surface area (Å²) in [4.78, 5) is 4.56. The molecule has 0 amide bonds. The minimum absolute atomic E-state index is 0.622. The minimum atomic E-state index is 0.622. The van der Waals surface area contributed by atoms with Crippen molar-refractivity contribution in [2.24, 2.45) is 5.73 Å². The molecule has 0 aliphatic rings. The monoisotopic (exact) mass is 247 g/mol. The number of nitrogens with zero attached hydrogens (tertiary/aromatic N) is 2. The van der Waals surface area contributed by atoms with Crippen molar-refractivity contribution in [3.05, 3.63) is 30.2 Å². The van der Waals surface area contributed by atoms with Crippen LogP contribution >= 0.6 is 0 Å². The lowest BCUT2D eigenvalue weighted by atomic mass is 10.3. The summed E-state index contributed by atoms with van der Waals surface area (Å²) in [5.74, 6) is 0.858. The van der Waals surface area contributed by atoms with E-state index in [0.29, 0.717) is 6.54 Å². The number of nitrogens with two attached hydrogens (primary N) is 1. The number of rotatable bonds is 7. The van der Waals surface area contributed by atoms with E-state index in [1.807, 2.05) is 28.9 Å². The fourth-order valence-electron chi connectivity index (χ4n) is 1.95. The second kappa shape index (κ2) is 6.40. The second-order valence-electron chi connectivity index (χ2n) is 4.43. The third-order valence-electron chi connectivity index (χ3n) is 2.90. The number of aromatic nitrogens is 2. The first-order valence-electron chi connectivity index (χ1n) is 6.64. The molecule has 98 valence electrons. The van der Waals surface area contributed by atoms with Gasteiger partial charge < -0.3 is 14.9 Å². The summed E-state index contributed by atoms with van der Waals surface area (Å²) >= 11 is 0. The number of pyridine rings is 1. The number of hydrogen-bond donors (Lipinski definition) is 1. The van der Waals surface area contributed by atoms with Crippen LogP contribution in [0.1, 0.15) is 31.9 Å². The molecule has 0 fully saturated rings. The van der Waals surface area contributed by atoms with Crippen LogP contribution in [0.4, 0.5) is 0 Å². The SMILES string of the molecule is CCCCCOc1cccn2cc(CCN)nc12. The van der Waals surface area contributed by atoms with Gasteiger partial charge in [-0.05, 0) is 25.1 Å². The van der Waals surface area contributed by atoms with Crippen LogP contribution < -0.4 is 10.5 Å². The van der Waals surface area contributed by atoms with Crippen molar-refractivity contribution in [2.45, 2.75) is 32.6 Å². The normalized spacial score (nSPS) is 11.0. The predicted octanol–water partition coefficient (Wildman–Crippen LogP) is 2.40. The second-order valence-corrected chi connectivity index (χ2v) is 4.43. The van der Waals surface area contributed by atoms with Crippen LogP contribution in [0, 0.1) is 0 Å². The first kappa shape index (κ1) is 12.9. The van der Waals surface area contributed by atoms with Crippen LogP contribution in [0.3, 0.4) is 0 Å². The summed E-state index contributed by atoms with van der Waals surface area (Å²) in [6.45, 7) is 3.57. The molecule has 2 N–H and O–H groups in total. The van der Waals surface area contributed by atoms with Gasteiger partial charge in [-0.15, -0.1) is 0 Å². The van der Waals surface area contributed by atoms with Gasteiger partial charge in [0.2, 0.25) is 0 Å². The highest BCUT2D eigenvalue weighted by molar-refractivity contribution is 5.54. The molecule has 2 rings (SSSR count). The van der Waals surface area contributed by atoms with E-state index in [1.165, 1.54) is 12.8 Å². The van der Waals surface area contributed by atoms with Crippen molar-refractivity contribution in [2.75, 3.05) is 13.2 Å². The average molecular weight is 247 g/mol. The van der Waals surface area contributed by atoms with Gasteiger partial charge in [0.15, 0.2) is 11.4 Å². The first-order chi connectivity index (χ1) is 8.85. The van der Waals surface area contributed by atoms with Gasteiger partial charge in [0, 0.05) is 18.8 Å². The Morgan fingerprint density at radius 3 is 3.06 bits per heavy atom. The fraction of sp³-hybridized carbons (Fsp3) is 0.500. The molecule has 0 saturated heterocycles. The molecule has 4 heteroatoms. The summed E-state index contributed by atoms with van der Waals surface area (Å²) in [5.41, 5.74) is 7.46. The van der Waals surface area contributed by atoms with Gasteiger partial charge in [0.1, 0.15) is 0 Å². The largest absolute Gasteiger partial charge is 0.490 e. The molecule has 2 heterocycles. The molecule has 0 atom stereocenters. The van der Waals surface area contributed by atoms with Crippen LogP contribution in [-0.2, 0) is 6.42 Å². The maximum absolute atomic E-state index is 5.80. The number of ether oxygens (including phenoxy) is 1. The van der Waals surface area contributed by atoms with E-state index in [9.17, 15) is 0 Å². The molecule has 0 bridgehead atoms. The van der Waals surface area contributed by atoms with E-state index >= 15 is 0 Å². The lowest BCUT2D eigenvalue weighted by molar-refractivity contribution is 0.308. The average Bonchev–Trinajstić information content (AvgIpc) is 2.78. The Morgan fingerprint density at radius 2 is 2.28 bits per heavy atom. The van der Waals surface area contributed by atoms with Crippen molar-refractivity contribution >= 4 is 5.65 Å². The molecule has 18 heavy (non-hydrogen) atoms. The van der Waals surface area contributed by atoms with Crippen molar-refractivity contribution in [1.82, 2.24) is 9.38 Å². The summed E-state index contributed by atoms with van der Waals surface area (Å²) in [6.07, 6.45) is 8.31. The molecular formula is C14H21N3O. The van der Waals surface area contributed by atoms with Crippen molar-refractivity contribution in [1.29, 1.82) is 0 Å². The molecule has 4 nitrogen and oxygen atoms in total. The molecule has 0 aliphatic heterocycles. The summed E-state index contributed by atoms with van der Waals surface area (Å²) in [6, 6.07) is 3.95. The van der Waals surface area contributed by atoms with Crippen LogP contribution in [0.5, 0.6) is 5.75 Å². The topological polar surface area (TPSA) is 52.5 Å². The Kier molecular flexibility index (Phi) is 4.59. The first-order valence-corrected chi connectivity index (χ1v) is 6.64. The molecule has 0 unspecified atom stereocenters. The molecule has 0 aromatic carbocycles. The highest BCUT2D eigenvalue weighted by Gasteiger charge is 2.06. The van der Waals surface area contributed by atoms with Gasteiger partial charge >= 0.3 is 0 Å². The van der Waals surface area contributed by atoms with Crippen molar-refractivity contribution in [3.8, 4) is 5.75 Å². The van der Waals surface area contributed by atoms with Gasteiger partial charge in [-0.25, -0.2) is 4.98 Å². The quantitative estimate of drug-likeness (QED) is 0.764. The zero-order valence-electron chi connectivity index (χ0n) is 10.9. The molecule has 2 aromatic heterocycles. The van der Waals surface area contributed by atoms with Gasteiger partial charge in [-0.1, -0.05) is 19.8 Å². The van der Waals surface area contributed by atoms with Crippen LogP contribution in [0.15, 0.2) is 24.5 Å². The van der Waals surface area contributed by atoms with Crippen LogP contribution in [0.25, 0.3) is 5.65 Å². The van der Waals surface area contributed by atoms with Gasteiger partial charge in [0.05, 0.1) is 12.3 Å². The van der Waals surface area contributed by atoms with E-state index in [4.69, 9.17) is 10.5 Å². The molecular weight excluding hydrogens is 226 g/mol. The van der Waals surface area contributed by atoms with Gasteiger partial charge in [-0.2, -0.15) is 0 Å². The Balaban J connectivity index is 2.11. The Morgan fingerprint density at radius 1 is 1.39 bits per heavy atom. The summed E-state index contributed by atoms with van der Waals surface area (Å²) in [7, 11) is 0. The highest BCUT2D eigenvalue weighted by atomic mass is 16.5. The number of fused-ring (bicyclic) bond motifs is 1. The molecule has 0 radical (unpaired) electrons. The summed E-state index contributed by atoms with van der Waals surface area (Å²) < 4.78 is 7.80. The molecule has 2 aromatic rings. The molecule has 0 spiro atoms. The third-order valence-corrected chi connectivity index (χ3v) is 2.90. The minimum Gasteiger partial charge on any atom is -0.490 e. The zero-order valence-corrected chi connectivity index (χ0v) is 10.9. The van der Waals surface area contributed by atoms with E-state index < -0.39 is 0 Å². The van der Waals surface area contributed by atoms with Gasteiger partial charge in [0.25, 0.3) is 0 Å².